The SMILES string of the molecule is Clc1cc(Cl)c(OCc2ccc(-c3nnc(-c4ccc5c(c4)OCO5)o3)o2)c(Cl)c1. The van der Waals surface area contributed by atoms with Crippen molar-refractivity contribution in [1.82, 2.24) is 10.2 Å². The first-order chi connectivity index (χ1) is 14.6. The van der Waals surface area contributed by atoms with Crippen molar-refractivity contribution in [3.63, 3.8) is 0 Å². The van der Waals surface area contributed by atoms with E-state index in [0.717, 1.165) is 0 Å². The minimum absolute atomic E-state index is 0.101. The van der Waals surface area contributed by atoms with Gasteiger partial charge in [0.05, 0.1) is 10.0 Å². The molecule has 0 amide bonds. The molecule has 2 aromatic heterocycles. The Balaban J connectivity index is 1.32. The predicted molar refractivity (Wildman–Crippen MR) is 109 cm³/mol. The maximum Gasteiger partial charge on any atom is 0.283 e. The smallest absolute Gasteiger partial charge is 0.283 e. The van der Waals surface area contributed by atoms with Crippen LogP contribution in [0.4, 0.5) is 0 Å². The lowest BCUT2D eigenvalue weighted by molar-refractivity contribution is 0.174. The molecule has 30 heavy (non-hydrogen) atoms. The number of hydrogen-bond donors (Lipinski definition) is 0. The first-order valence-corrected chi connectivity index (χ1v) is 9.80. The minimum atomic E-state index is 0.101. The molecule has 5 rings (SSSR count). The summed E-state index contributed by atoms with van der Waals surface area (Å²) < 4.78 is 27.8. The number of hydrogen-bond acceptors (Lipinski definition) is 7. The van der Waals surface area contributed by atoms with Gasteiger partial charge in [0.25, 0.3) is 5.89 Å². The van der Waals surface area contributed by atoms with E-state index in [1.54, 1.807) is 36.4 Å². The minimum Gasteiger partial charge on any atom is -0.483 e. The van der Waals surface area contributed by atoms with Gasteiger partial charge >= 0.3 is 0 Å². The van der Waals surface area contributed by atoms with Crippen molar-refractivity contribution < 1.29 is 23.0 Å². The van der Waals surface area contributed by atoms with Crippen LogP contribution in [0.25, 0.3) is 23.1 Å². The summed E-state index contributed by atoms with van der Waals surface area (Å²) >= 11 is 18.2. The predicted octanol–water partition coefficient (Wildman–Crippen LogP) is 6.26. The molecule has 0 saturated heterocycles. The number of rotatable bonds is 5. The Morgan fingerprint density at radius 2 is 1.60 bits per heavy atom. The molecule has 152 valence electrons. The van der Waals surface area contributed by atoms with Gasteiger partial charge in [0, 0.05) is 10.6 Å². The van der Waals surface area contributed by atoms with E-state index in [4.69, 9.17) is 57.8 Å². The Hall–Kier alpha value is -2.87. The molecule has 3 heterocycles. The summed E-state index contributed by atoms with van der Waals surface area (Å²) in [6.07, 6.45) is 0. The van der Waals surface area contributed by atoms with Gasteiger partial charge in [-0.1, -0.05) is 34.8 Å². The molecule has 0 fully saturated rings. The van der Waals surface area contributed by atoms with Gasteiger partial charge in [0.1, 0.15) is 12.4 Å². The van der Waals surface area contributed by atoms with Gasteiger partial charge in [-0.2, -0.15) is 0 Å². The summed E-state index contributed by atoms with van der Waals surface area (Å²) in [7, 11) is 0. The van der Waals surface area contributed by atoms with Crippen LogP contribution in [-0.2, 0) is 6.61 Å². The molecule has 0 saturated carbocycles. The summed E-state index contributed by atoms with van der Waals surface area (Å²) in [5.74, 6) is 3.12. The Kier molecular flexibility index (Phi) is 4.94. The van der Waals surface area contributed by atoms with Gasteiger partial charge in [0.15, 0.2) is 23.0 Å². The van der Waals surface area contributed by atoms with Crippen molar-refractivity contribution in [2.45, 2.75) is 6.61 Å². The molecule has 0 unspecified atom stereocenters. The monoisotopic (exact) mass is 464 g/mol. The normalized spacial score (nSPS) is 12.4. The number of ether oxygens (including phenoxy) is 3. The number of fused-ring (bicyclic) bond motifs is 1. The largest absolute Gasteiger partial charge is 0.483 e. The third-order valence-electron chi connectivity index (χ3n) is 4.24. The average molecular weight is 466 g/mol. The van der Waals surface area contributed by atoms with E-state index < -0.39 is 0 Å². The molecule has 2 aromatic carbocycles. The number of nitrogens with zero attached hydrogens (tertiary/aromatic N) is 2. The zero-order chi connectivity index (χ0) is 20.7. The first kappa shape index (κ1) is 19.1. The first-order valence-electron chi connectivity index (χ1n) is 8.67. The fourth-order valence-corrected chi connectivity index (χ4v) is 3.78. The molecule has 0 bridgehead atoms. The Labute approximate surface area is 185 Å². The van der Waals surface area contributed by atoms with E-state index in [1.807, 2.05) is 6.07 Å². The summed E-state index contributed by atoms with van der Waals surface area (Å²) in [6, 6.07) is 11.9. The van der Waals surface area contributed by atoms with Crippen LogP contribution >= 0.6 is 34.8 Å². The van der Waals surface area contributed by atoms with Crippen molar-refractivity contribution in [1.29, 1.82) is 0 Å². The van der Waals surface area contributed by atoms with Crippen LogP contribution in [0.15, 0.2) is 51.3 Å². The van der Waals surface area contributed by atoms with Crippen LogP contribution < -0.4 is 14.2 Å². The lowest BCUT2D eigenvalue weighted by Gasteiger charge is -2.08. The quantitative estimate of drug-likeness (QED) is 0.344. The van der Waals surface area contributed by atoms with Crippen molar-refractivity contribution >= 4 is 34.8 Å². The standard InChI is InChI=1S/C20H11Cl3N2O5/c21-11-6-13(22)18(14(23)7-11)26-8-12-2-4-16(29-12)20-25-24-19(30-20)10-1-3-15-17(5-10)28-9-27-15/h1-7H,8-9H2. The van der Waals surface area contributed by atoms with E-state index in [0.29, 0.717) is 55.3 Å². The van der Waals surface area contributed by atoms with Crippen molar-refractivity contribution in [3.8, 4) is 40.4 Å². The van der Waals surface area contributed by atoms with Gasteiger partial charge in [-0.15, -0.1) is 10.2 Å². The number of benzene rings is 2. The number of furan rings is 1. The fraction of sp³-hybridized carbons (Fsp3) is 0.100. The number of halogens is 3. The van der Waals surface area contributed by atoms with Crippen LogP contribution in [0.5, 0.6) is 17.2 Å². The molecular weight excluding hydrogens is 455 g/mol. The molecule has 1 aliphatic heterocycles. The molecule has 7 nitrogen and oxygen atoms in total. The lowest BCUT2D eigenvalue weighted by atomic mass is 10.2. The highest BCUT2D eigenvalue weighted by atomic mass is 35.5. The van der Waals surface area contributed by atoms with Crippen molar-refractivity contribution in [2.24, 2.45) is 0 Å². The van der Waals surface area contributed by atoms with Gasteiger partial charge in [-0.25, -0.2) is 0 Å². The van der Waals surface area contributed by atoms with Crippen LogP contribution in [-0.4, -0.2) is 17.0 Å². The van der Waals surface area contributed by atoms with Gasteiger partial charge in [-0.3, -0.25) is 0 Å². The van der Waals surface area contributed by atoms with Crippen LogP contribution in [0.2, 0.25) is 15.1 Å². The van der Waals surface area contributed by atoms with Crippen LogP contribution in [0, 0.1) is 0 Å². The van der Waals surface area contributed by atoms with Gasteiger partial charge < -0.3 is 23.0 Å². The average Bonchev–Trinajstić information content (AvgIpc) is 3.46. The Morgan fingerprint density at radius 1 is 0.833 bits per heavy atom. The van der Waals surface area contributed by atoms with E-state index in [1.165, 1.54) is 0 Å². The van der Waals surface area contributed by atoms with E-state index in [2.05, 4.69) is 10.2 Å². The fourth-order valence-electron chi connectivity index (χ4n) is 2.85. The summed E-state index contributed by atoms with van der Waals surface area (Å²) in [5.41, 5.74) is 0.708. The highest BCUT2D eigenvalue weighted by Crippen LogP contribution is 2.37. The molecule has 0 aliphatic carbocycles. The summed E-state index contributed by atoms with van der Waals surface area (Å²) in [6.45, 7) is 0.293. The number of aromatic nitrogens is 2. The third kappa shape index (κ3) is 3.67. The highest BCUT2D eigenvalue weighted by molar-refractivity contribution is 6.40. The molecule has 0 spiro atoms. The molecular formula is C20H11Cl3N2O5. The zero-order valence-corrected chi connectivity index (χ0v) is 17.3. The summed E-state index contributed by atoms with van der Waals surface area (Å²) in [5, 5.41) is 9.16. The maximum atomic E-state index is 6.12. The topological polar surface area (TPSA) is 79.8 Å². The van der Waals surface area contributed by atoms with Gasteiger partial charge in [0.2, 0.25) is 12.7 Å². The highest BCUT2D eigenvalue weighted by Gasteiger charge is 2.19. The molecule has 0 atom stereocenters. The van der Waals surface area contributed by atoms with Crippen LogP contribution in [0.3, 0.4) is 0 Å². The van der Waals surface area contributed by atoms with E-state index in [-0.39, 0.29) is 19.3 Å². The van der Waals surface area contributed by atoms with Crippen molar-refractivity contribution in [3.05, 3.63) is 63.3 Å². The molecule has 1 aliphatic rings. The molecule has 0 N–H and O–H groups in total. The second kappa shape index (κ2) is 7.75. The molecule has 0 radical (unpaired) electrons. The maximum absolute atomic E-state index is 6.12. The van der Waals surface area contributed by atoms with Crippen LogP contribution in [0.1, 0.15) is 5.76 Å². The molecule has 10 heteroatoms. The second-order valence-electron chi connectivity index (χ2n) is 6.23. The molecule has 4 aromatic rings. The van der Waals surface area contributed by atoms with E-state index >= 15 is 0 Å². The Morgan fingerprint density at radius 3 is 2.43 bits per heavy atom. The van der Waals surface area contributed by atoms with E-state index in [9.17, 15) is 0 Å². The van der Waals surface area contributed by atoms with Gasteiger partial charge in [-0.05, 0) is 42.5 Å². The summed E-state index contributed by atoms with van der Waals surface area (Å²) in [4.78, 5) is 0. The van der Waals surface area contributed by atoms with Crippen molar-refractivity contribution in [2.75, 3.05) is 6.79 Å². The zero-order valence-electron chi connectivity index (χ0n) is 15.0. The lowest BCUT2D eigenvalue weighted by Crippen LogP contribution is -1.95. The second-order valence-corrected chi connectivity index (χ2v) is 7.48. The Bertz CT molecular complexity index is 1210. The third-order valence-corrected chi connectivity index (χ3v) is 5.02.